The van der Waals surface area contributed by atoms with Gasteiger partial charge in [-0.15, -0.1) is 0 Å². The Morgan fingerprint density at radius 1 is 1.40 bits per heavy atom. The van der Waals surface area contributed by atoms with Crippen LogP contribution in [0.25, 0.3) is 0 Å². The lowest BCUT2D eigenvalue weighted by Gasteiger charge is -2.31. The van der Waals surface area contributed by atoms with Gasteiger partial charge in [-0.1, -0.05) is 0 Å². The predicted octanol–water partition coefficient (Wildman–Crippen LogP) is -0.0357. The maximum absolute atomic E-state index is 11.6. The molecular weight excluding hydrogens is 256 g/mol. The molecule has 0 aliphatic carbocycles. The number of rotatable bonds is 9. The topological polar surface area (TPSA) is 77.4 Å². The van der Waals surface area contributed by atoms with E-state index in [4.69, 9.17) is 10.00 Å². The highest BCUT2D eigenvalue weighted by molar-refractivity contribution is 5.78. The fraction of sp³-hybridized carbons (Fsp3) is 0.857. The van der Waals surface area contributed by atoms with Crippen molar-refractivity contribution in [1.82, 2.24) is 15.5 Å². The summed E-state index contributed by atoms with van der Waals surface area (Å²) in [5, 5.41) is 14.6. The van der Waals surface area contributed by atoms with Gasteiger partial charge in [0.05, 0.1) is 25.6 Å². The maximum Gasteiger partial charge on any atom is 0.234 e. The first-order chi connectivity index (χ1) is 9.76. The van der Waals surface area contributed by atoms with Crippen LogP contribution in [0.3, 0.4) is 0 Å². The smallest absolute Gasteiger partial charge is 0.234 e. The van der Waals surface area contributed by atoms with Crippen LogP contribution in [0.2, 0.25) is 0 Å². The van der Waals surface area contributed by atoms with E-state index in [1.165, 1.54) is 0 Å². The highest BCUT2D eigenvalue weighted by atomic mass is 16.5. The van der Waals surface area contributed by atoms with Crippen molar-refractivity contribution in [1.29, 1.82) is 5.26 Å². The molecule has 20 heavy (non-hydrogen) atoms. The summed E-state index contributed by atoms with van der Waals surface area (Å²) in [5.74, 6) is 0.724. The number of nitriles is 1. The molecule has 1 aliphatic rings. The summed E-state index contributed by atoms with van der Waals surface area (Å²) in [6, 6.07) is 2.02. The zero-order valence-electron chi connectivity index (χ0n) is 12.4. The molecule has 1 amide bonds. The molecule has 0 aromatic carbocycles. The fourth-order valence-corrected chi connectivity index (χ4v) is 2.35. The number of piperidine rings is 1. The summed E-state index contributed by atoms with van der Waals surface area (Å²) in [5.41, 5.74) is 0. The highest BCUT2D eigenvalue weighted by Crippen LogP contribution is 2.15. The van der Waals surface area contributed by atoms with Crippen molar-refractivity contribution in [3.8, 4) is 6.07 Å². The standard InChI is InChI=1S/C14H26N4O2/c1-20-10-7-16-11-13-3-8-18(9-4-13)12-14(19)17-6-2-5-15/h13,16H,2-4,6-12H2,1H3,(H,17,19). The van der Waals surface area contributed by atoms with Gasteiger partial charge >= 0.3 is 0 Å². The average Bonchev–Trinajstić information content (AvgIpc) is 2.46. The van der Waals surface area contributed by atoms with E-state index in [9.17, 15) is 4.79 Å². The number of hydrogen-bond donors (Lipinski definition) is 2. The third-order valence-electron chi connectivity index (χ3n) is 3.55. The van der Waals surface area contributed by atoms with Crippen LogP contribution in [0.15, 0.2) is 0 Å². The molecule has 0 unspecified atom stereocenters. The molecule has 0 aromatic heterocycles. The lowest BCUT2D eigenvalue weighted by molar-refractivity contribution is -0.122. The third kappa shape index (κ3) is 7.43. The number of nitrogens with one attached hydrogen (secondary N) is 2. The molecule has 6 nitrogen and oxygen atoms in total. The molecule has 0 radical (unpaired) electrons. The fourth-order valence-electron chi connectivity index (χ4n) is 2.35. The van der Waals surface area contributed by atoms with E-state index in [0.717, 1.165) is 45.6 Å². The Labute approximate surface area is 121 Å². The van der Waals surface area contributed by atoms with Gasteiger partial charge < -0.3 is 15.4 Å². The van der Waals surface area contributed by atoms with Crippen LogP contribution in [0.4, 0.5) is 0 Å². The Morgan fingerprint density at radius 2 is 2.15 bits per heavy atom. The Kier molecular flexibility index (Phi) is 8.96. The monoisotopic (exact) mass is 282 g/mol. The number of nitrogens with zero attached hydrogens (tertiary/aromatic N) is 2. The SMILES string of the molecule is COCCNCC1CCN(CC(=O)NCCC#N)CC1. The lowest BCUT2D eigenvalue weighted by Crippen LogP contribution is -2.43. The molecule has 1 rings (SSSR count). The van der Waals surface area contributed by atoms with E-state index in [-0.39, 0.29) is 5.91 Å². The van der Waals surface area contributed by atoms with Crippen LogP contribution in [-0.2, 0) is 9.53 Å². The molecular formula is C14H26N4O2. The van der Waals surface area contributed by atoms with Crippen molar-refractivity contribution >= 4 is 5.91 Å². The van der Waals surface area contributed by atoms with Gasteiger partial charge in [-0.25, -0.2) is 0 Å². The Balaban J connectivity index is 2.06. The Morgan fingerprint density at radius 3 is 2.80 bits per heavy atom. The largest absolute Gasteiger partial charge is 0.383 e. The molecule has 0 atom stereocenters. The lowest BCUT2D eigenvalue weighted by atomic mass is 9.97. The van der Waals surface area contributed by atoms with Crippen molar-refractivity contribution < 1.29 is 9.53 Å². The molecule has 1 heterocycles. The second kappa shape index (κ2) is 10.6. The van der Waals surface area contributed by atoms with Crippen molar-refractivity contribution in [3.63, 3.8) is 0 Å². The average molecular weight is 282 g/mol. The van der Waals surface area contributed by atoms with E-state index in [2.05, 4.69) is 15.5 Å². The van der Waals surface area contributed by atoms with Crippen molar-refractivity contribution in [2.45, 2.75) is 19.3 Å². The van der Waals surface area contributed by atoms with Crippen LogP contribution in [0.5, 0.6) is 0 Å². The summed E-state index contributed by atoms with van der Waals surface area (Å²) in [6.07, 6.45) is 2.64. The van der Waals surface area contributed by atoms with E-state index in [1.54, 1.807) is 7.11 Å². The minimum Gasteiger partial charge on any atom is -0.383 e. The van der Waals surface area contributed by atoms with Crippen molar-refractivity contribution in [2.24, 2.45) is 5.92 Å². The summed E-state index contributed by atoms with van der Waals surface area (Å²) < 4.78 is 5.00. The van der Waals surface area contributed by atoms with E-state index >= 15 is 0 Å². The van der Waals surface area contributed by atoms with E-state index < -0.39 is 0 Å². The number of amides is 1. The first kappa shape index (κ1) is 16.9. The summed E-state index contributed by atoms with van der Waals surface area (Å²) in [6.45, 7) is 5.54. The molecule has 0 spiro atoms. The van der Waals surface area contributed by atoms with Gasteiger partial charge in [0.15, 0.2) is 0 Å². The third-order valence-corrected chi connectivity index (χ3v) is 3.55. The van der Waals surface area contributed by atoms with Gasteiger partial charge in [0.1, 0.15) is 0 Å². The van der Waals surface area contributed by atoms with Gasteiger partial charge in [-0.2, -0.15) is 5.26 Å². The first-order valence-corrected chi connectivity index (χ1v) is 7.32. The molecule has 0 aromatic rings. The number of methoxy groups -OCH3 is 1. The Bertz CT molecular complexity index is 309. The van der Waals surface area contributed by atoms with Crippen LogP contribution >= 0.6 is 0 Å². The summed E-state index contributed by atoms with van der Waals surface area (Å²) in [4.78, 5) is 13.8. The number of carbonyl (C=O) groups is 1. The zero-order valence-corrected chi connectivity index (χ0v) is 12.4. The summed E-state index contributed by atoms with van der Waals surface area (Å²) >= 11 is 0. The van der Waals surface area contributed by atoms with Crippen LogP contribution < -0.4 is 10.6 Å². The number of ether oxygens (including phenoxy) is 1. The molecule has 0 bridgehead atoms. The number of likely N-dealkylation sites (tertiary alicyclic amines) is 1. The maximum atomic E-state index is 11.6. The van der Waals surface area contributed by atoms with Crippen molar-refractivity contribution in [3.05, 3.63) is 0 Å². The molecule has 1 saturated heterocycles. The summed E-state index contributed by atoms with van der Waals surface area (Å²) in [7, 11) is 1.71. The number of carbonyl (C=O) groups excluding carboxylic acids is 1. The van der Waals surface area contributed by atoms with Crippen molar-refractivity contribution in [2.75, 3.05) is 53.0 Å². The predicted molar refractivity (Wildman–Crippen MR) is 77.1 cm³/mol. The van der Waals surface area contributed by atoms with Gasteiger partial charge in [0.2, 0.25) is 5.91 Å². The molecule has 6 heteroatoms. The van der Waals surface area contributed by atoms with E-state index in [0.29, 0.717) is 25.4 Å². The second-order valence-electron chi connectivity index (χ2n) is 5.17. The second-order valence-corrected chi connectivity index (χ2v) is 5.17. The Hall–Kier alpha value is -1.16. The van der Waals surface area contributed by atoms with Gasteiger partial charge in [-0.05, 0) is 38.4 Å². The van der Waals surface area contributed by atoms with Crippen LogP contribution in [0, 0.1) is 17.2 Å². The molecule has 2 N–H and O–H groups in total. The molecule has 114 valence electrons. The van der Waals surface area contributed by atoms with Crippen LogP contribution in [-0.4, -0.2) is 63.8 Å². The van der Waals surface area contributed by atoms with E-state index in [1.807, 2.05) is 6.07 Å². The molecule has 1 fully saturated rings. The van der Waals surface area contributed by atoms with Gasteiger partial charge in [-0.3, -0.25) is 9.69 Å². The van der Waals surface area contributed by atoms with Gasteiger partial charge in [0, 0.05) is 20.2 Å². The molecule has 1 aliphatic heterocycles. The molecule has 0 saturated carbocycles. The highest BCUT2D eigenvalue weighted by Gasteiger charge is 2.20. The van der Waals surface area contributed by atoms with Gasteiger partial charge in [0.25, 0.3) is 0 Å². The first-order valence-electron chi connectivity index (χ1n) is 7.32. The number of hydrogen-bond acceptors (Lipinski definition) is 5. The zero-order chi connectivity index (χ0) is 14.6. The minimum absolute atomic E-state index is 0.0249. The van der Waals surface area contributed by atoms with Crippen LogP contribution in [0.1, 0.15) is 19.3 Å². The minimum atomic E-state index is 0.0249. The normalized spacial score (nSPS) is 16.8. The quantitative estimate of drug-likeness (QED) is 0.581.